The molecule has 11 aromatic rings. The Kier molecular flexibility index (Phi) is 5.22. The van der Waals surface area contributed by atoms with E-state index in [0.717, 1.165) is 37.5 Å². The Labute approximate surface area is 327 Å². The van der Waals surface area contributed by atoms with E-state index in [1.807, 2.05) is 95.6 Å². The molecule has 0 fully saturated rings. The molecule has 54 heavy (non-hydrogen) atoms. The molecule has 0 aliphatic rings. The van der Waals surface area contributed by atoms with Gasteiger partial charge in [0.25, 0.3) is 0 Å². The number of thiophene rings is 1. The smallest absolute Gasteiger partial charge is 0.165 e. The van der Waals surface area contributed by atoms with E-state index in [4.69, 9.17) is 27.3 Å². The lowest BCUT2D eigenvalue weighted by Crippen LogP contribution is -2.00. The first kappa shape index (κ1) is 22.9. The minimum atomic E-state index is -0.503. The highest BCUT2D eigenvalue weighted by molar-refractivity contribution is 7.26. The average Bonchev–Trinajstić information content (AvgIpc) is 3.87. The summed E-state index contributed by atoms with van der Waals surface area (Å²) in [4.78, 5) is 15.2. The molecule has 0 unspecified atom stereocenters. The van der Waals surface area contributed by atoms with Gasteiger partial charge in [0, 0.05) is 53.0 Å². The predicted molar refractivity (Wildman–Crippen MR) is 226 cm³/mol. The fourth-order valence-corrected chi connectivity index (χ4v) is 8.60. The fraction of sp³-hybridized carbons (Fsp3) is 0. The molecule has 3 aromatic heterocycles. The van der Waals surface area contributed by atoms with Crippen LogP contribution in [-0.4, -0.2) is 19.5 Å². The first-order valence-electron chi connectivity index (χ1n) is 21.9. The molecule has 3 heterocycles. The molecule has 0 bridgehead atoms. The Bertz CT molecular complexity index is 3730. The number of fused-ring (bicyclic) bond motifs is 7. The van der Waals surface area contributed by atoms with Crippen LogP contribution in [0.1, 0.15) is 12.3 Å². The second-order valence-corrected chi connectivity index (χ2v) is 14.0. The third-order valence-corrected chi connectivity index (χ3v) is 11.1. The molecule has 0 aliphatic heterocycles. The van der Waals surface area contributed by atoms with E-state index >= 15 is 0 Å². The number of aromatic nitrogens is 4. The van der Waals surface area contributed by atoms with Crippen LogP contribution in [0.4, 0.5) is 0 Å². The van der Waals surface area contributed by atoms with Crippen LogP contribution in [0.5, 0.6) is 0 Å². The standard InChI is InChI=1S/C49H30N4S/c1-3-13-31(14-4-1)33-26-28-44-41(30-33)37-18-7-9-22-43(37)53(44)42-23-11-17-34-29-35(25-27-36(34)42)48-50-47(32-15-5-2-6-16-32)51-49(52-48)40-21-12-20-39-38-19-8-10-24-45(38)54-46(39)40/h1-30H/i1D,3D,4D,7D,9D,13D,14D,18D,22D. The molecular weight excluding hydrogens is 677 g/mol. The largest absolute Gasteiger partial charge is 0.309 e. The SMILES string of the molecule is [2H]c1c([2H])c([2H])c(-c2ccc3c(c2)c2c([2H])c([2H])c([2H])c([2H])c2n3-c2cccc3cc(-c4nc(-c5ccccc5)nc(-c5cccc6c5sc5ccccc56)n4)ccc23)c([2H])c1[2H]. The van der Waals surface area contributed by atoms with Gasteiger partial charge < -0.3 is 4.57 Å². The number of nitrogens with zero attached hydrogens (tertiary/aromatic N) is 4. The highest BCUT2D eigenvalue weighted by atomic mass is 32.1. The van der Waals surface area contributed by atoms with Crippen LogP contribution in [-0.2, 0) is 0 Å². The molecule has 11 rings (SSSR count). The second-order valence-electron chi connectivity index (χ2n) is 13.0. The number of para-hydroxylation sites is 1. The summed E-state index contributed by atoms with van der Waals surface area (Å²) < 4.78 is 81.6. The van der Waals surface area contributed by atoms with Crippen molar-refractivity contribution in [2.45, 2.75) is 0 Å². The Morgan fingerprint density at radius 1 is 0.444 bits per heavy atom. The fourth-order valence-electron chi connectivity index (χ4n) is 7.39. The molecule has 5 heteroatoms. The van der Waals surface area contributed by atoms with E-state index in [0.29, 0.717) is 39.6 Å². The van der Waals surface area contributed by atoms with E-state index in [1.165, 1.54) is 10.1 Å². The maximum absolute atomic E-state index is 9.17. The van der Waals surface area contributed by atoms with Gasteiger partial charge in [0.1, 0.15) is 0 Å². The summed E-state index contributed by atoms with van der Waals surface area (Å²) in [5.41, 5.74) is 4.27. The first-order chi connectivity index (χ1) is 30.5. The molecule has 4 nitrogen and oxygen atoms in total. The molecule has 0 spiro atoms. The van der Waals surface area contributed by atoms with Gasteiger partial charge in [-0.15, -0.1) is 11.3 Å². The Hall–Kier alpha value is -6.95. The summed E-state index contributed by atoms with van der Waals surface area (Å²) >= 11 is 1.71. The average molecular weight is 716 g/mol. The van der Waals surface area contributed by atoms with Gasteiger partial charge in [-0.05, 0) is 59.0 Å². The zero-order valence-electron chi connectivity index (χ0n) is 37.3. The molecule has 0 amide bonds. The van der Waals surface area contributed by atoms with Gasteiger partial charge in [-0.3, -0.25) is 0 Å². The van der Waals surface area contributed by atoms with E-state index in [-0.39, 0.29) is 40.6 Å². The molecule has 8 aromatic carbocycles. The highest BCUT2D eigenvalue weighted by Crippen LogP contribution is 2.41. The zero-order chi connectivity index (χ0) is 43.4. The van der Waals surface area contributed by atoms with Crippen molar-refractivity contribution in [3.05, 3.63) is 182 Å². The minimum absolute atomic E-state index is 0.000245. The van der Waals surface area contributed by atoms with E-state index in [1.54, 1.807) is 29.5 Å². The van der Waals surface area contributed by atoms with Crippen LogP contribution in [0, 0.1) is 0 Å². The van der Waals surface area contributed by atoms with Crippen molar-refractivity contribution in [3.63, 3.8) is 0 Å². The van der Waals surface area contributed by atoms with Crippen LogP contribution < -0.4 is 0 Å². The van der Waals surface area contributed by atoms with Gasteiger partial charge in [0.15, 0.2) is 17.5 Å². The molecule has 0 atom stereocenters. The molecule has 252 valence electrons. The number of rotatable bonds is 5. The highest BCUT2D eigenvalue weighted by Gasteiger charge is 2.18. The van der Waals surface area contributed by atoms with Gasteiger partial charge in [0.05, 0.1) is 29.1 Å². The summed E-state index contributed by atoms with van der Waals surface area (Å²) in [6, 6.07) is 37.6. The second kappa shape index (κ2) is 12.3. The van der Waals surface area contributed by atoms with Crippen molar-refractivity contribution in [1.29, 1.82) is 0 Å². The number of hydrogen-bond acceptors (Lipinski definition) is 4. The molecule has 0 saturated carbocycles. The third-order valence-electron chi connectivity index (χ3n) is 9.86. The van der Waals surface area contributed by atoms with Crippen LogP contribution in [0.25, 0.3) is 104 Å². The first-order valence-corrected chi connectivity index (χ1v) is 18.2. The predicted octanol–water partition coefficient (Wildman–Crippen LogP) is 13.2. The quantitative estimate of drug-likeness (QED) is 0.178. The Morgan fingerprint density at radius 3 is 2.09 bits per heavy atom. The lowest BCUT2D eigenvalue weighted by atomic mass is 10.0. The van der Waals surface area contributed by atoms with Crippen molar-refractivity contribution in [2.75, 3.05) is 0 Å². The van der Waals surface area contributed by atoms with Crippen LogP contribution >= 0.6 is 11.3 Å². The van der Waals surface area contributed by atoms with Crippen molar-refractivity contribution >= 4 is 64.1 Å². The van der Waals surface area contributed by atoms with E-state index < -0.39 is 30.2 Å². The topological polar surface area (TPSA) is 43.6 Å². The van der Waals surface area contributed by atoms with Gasteiger partial charge >= 0.3 is 0 Å². The summed E-state index contributed by atoms with van der Waals surface area (Å²) in [5.74, 6) is 1.56. The molecule has 0 radical (unpaired) electrons. The molecule has 0 saturated heterocycles. The minimum Gasteiger partial charge on any atom is -0.309 e. The Morgan fingerprint density at radius 2 is 1.19 bits per heavy atom. The summed E-state index contributed by atoms with van der Waals surface area (Å²) in [6.07, 6.45) is 0. The van der Waals surface area contributed by atoms with Gasteiger partial charge in [-0.2, -0.15) is 0 Å². The van der Waals surface area contributed by atoms with Crippen molar-refractivity contribution in [3.8, 4) is 51.0 Å². The van der Waals surface area contributed by atoms with Crippen molar-refractivity contribution < 1.29 is 12.3 Å². The summed E-state index contributed by atoms with van der Waals surface area (Å²) in [6.45, 7) is 0. The molecule has 0 N–H and O–H groups in total. The van der Waals surface area contributed by atoms with Crippen LogP contribution in [0.2, 0.25) is 0 Å². The van der Waals surface area contributed by atoms with Crippen LogP contribution in [0.3, 0.4) is 0 Å². The van der Waals surface area contributed by atoms with E-state index in [9.17, 15) is 0 Å². The molecule has 0 aliphatic carbocycles. The maximum Gasteiger partial charge on any atom is 0.165 e. The molecular formula is C49H30N4S. The Balaban J connectivity index is 1.12. The summed E-state index contributed by atoms with van der Waals surface area (Å²) in [5, 5.41) is 4.61. The third kappa shape index (κ3) is 4.94. The monoisotopic (exact) mass is 715 g/mol. The number of benzene rings is 8. The van der Waals surface area contributed by atoms with Gasteiger partial charge in [0.2, 0.25) is 0 Å². The van der Waals surface area contributed by atoms with Gasteiger partial charge in [-0.25, -0.2) is 15.0 Å². The lowest BCUT2D eigenvalue weighted by molar-refractivity contribution is 1.08. The normalized spacial score (nSPS) is 14.0. The van der Waals surface area contributed by atoms with E-state index in [2.05, 4.69) is 18.2 Å². The van der Waals surface area contributed by atoms with Crippen molar-refractivity contribution in [1.82, 2.24) is 19.5 Å². The van der Waals surface area contributed by atoms with Gasteiger partial charge in [-0.1, -0.05) is 139 Å². The summed E-state index contributed by atoms with van der Waals surface area (Å²) in [7, 11) is 0. The maximum atomic E-state index is 9.17. The lowest BCUT2D eigenvalue weighted by Gasteiger charge is -2.13. The number of hydrogen-bond donors (Lipinski definition) is 0. The zero-order valence-corrected chi connectivity index (χ0v) is 29.1. The van der Waals surface area contributed by atoms with Crippen molar-refractivity contribution in [2.24, 2.45) is 0 Å². The van der Waals surface area contributed by atoms with Crippen LogP contribution in [0.15, 0.2) is 182 Å².